The van der Waals surface area contributed by atoms with E-state index in [0.717, 1.165) is 0 Å². The second kappa shape index (κ2) is 7.97. The fraction of sp³-hybridized carbons (Fsp3) is 0.368. The number of halogens is 2. The third-order valence-electron chi connectivity index (χ3n) is 5.47. The topological polar surface area (TPSA) is 116 Å². The SMILES string of the molecule is CO/N=c1\nc[nH]c2c1ccn2[C@@H]1C[C@H]([C@H](O)c2ccc(Cl)c(Cl)c2)[C@@H](O)[C@H]1O. The number of hydrogen-bond acceptors (Lipinski definition) is 6. The highest BCUT2D eigenvalue weighted by molar-refractivity contribution is 6.42. The molecule has 0 amide bonds. The first kappa shape index (κ1) is 20.2. The Balaban J connectivity index is 1.67. The van der Waals surface area contributed by atoms with E-state index in [1.165, 1.54) is 13.4 Å². The highest BCUT2D eigenvalue weighted by Gasteiger charge is 2.46. The highest BCUT2D eigenvalue weighted by Crippen LogP contribution is 2.43. The van der Waals surface area contributed by atoms with Crippen LogP contribution in [-0.4, -0.2) is 49.2 Å². The fourth-order valence-corrected chi connectivity index (χ4v) is 4.32. The van der Waals surface area contributed by atoms with Crippen LogP contribution in [0.5, 0.6) is 0 Å². The number of hydrogen-bond donors (Lipinski definition) is 4. The first-order valence-electron chi connectivity index (χ1n) is 9.03. The molecule has 8 nitrogen and oxygen atoms in total. The molecule has 29 heavy (non-hydrogen) atoms. The number of nitrogens with zero attached hydrogens (tertiary/aromatic N) is 3. The molecule has 1 saturated carbocycles. The Labute approximate surface area is 176 Å². The van der Waals surface area contributed by atoms with Crippen molar-refractivity contribution in [3.8, 4) is 0 Å². The zero-order chi connectivity index (χ0) is 20.7. The maximum atomic E-state index is 10.8. The van der Waals surface area contributed by atoms with Gasteiger partial charge in [0, 0.05) is 12.1 Å². The van der Waals surface area contributed by atoms with Crippen molar-refractivity contribution >= 4 is 34.2 Å². The van der Waals surface area contributed by atoms with Crippen LogP contribution in [0.1, 0.15) is 24.1 Å². The maximum Gasteiger partial charge on any atom is 0.203 e. The summed E-state index contributed by atoms with van der Waals surface area (Å²) in [5, 5.41) is 37.5. The molecule has 0 radical (unpaired) electrons. The van der Waals surface area contributed by atoms with Crippen LogP contribution in [0.15, 0.2) is 41.9 Å². The van der Waals surface area contributed by atoms with Crippen LogP contribution in [-0.2, 0) is 4.84 Å². The summed E-state index contributed by atoms with van der Waals surface area (Å²) in [6.07, 6.45) is 0.415. The van der Waals surface area contributed by atoms with Crippen LogP contribution in [0.25, 0.3) is 11.0 Å². The Morgan fingerprint density at radius 3 is 2.76 bits per heavy atom. The van der Waals surface area contributed by atoms with Gasteiger partial charge in [-0.25, -0.2) is 4.98 Å². The fourth-order valence-electron chi connectivity index (χ4n) is 4.02. The van der Waals surface area contributed by atoms with Crippen LogP contribution < -0.4 is 5.49 Å². The van der Waals surface area contributed by atoms with Crippen molar-refractivity contribution in [1.82, 2.24) is 14.5 Å². The third-order valence-corrected chi connectivity index (χ3v) is 6.21. The monoisotopic (exact) mass is 438 g/mol. The summed E-state index contributed by atoms with van der Waals surface area (Å²) in [6, 6.07) is 6.18. The van der Waals surface area contributed by atoms with E-state index in [1.807, 2.05) is 4.57 Å². The van der Waals surface area contributed by atoms with Crippen molar-refractivity contribution in [3.05, 3.63) is 57.9 Å². The zero-order valence-electron chi connectivity index (χ0n) is 15.4. The molecule has 4 rings (SSSR count). The molecule has 154 valence electrons. The van der Waals surface area contributed by atoms with Gasteiger partial charge in [0.1, 0.15) is 18.9 Å². The summed E-state index contributed by atoms with van der Waals surface area (Å²) in [5.41, 5.74) is 1.61. The van der Waals surface area contributed by atoms with E-state index >= 15 is 0 Å². The van der Waals surface area contributed by atoms with Gasteiger partial charge in [-0.2, -0.15) is 0 Å². The molecule has 5 atom stereocenters. The van der Waals surface area contributed by atoms with Crippen LogP contribution in [0.4, 0.5) is 0 Å². The number of fused-ring (bicyclic) bond motifs is 1. The van der Waals surface area contributed by atoms with E-state index in [9.17, 15) is 15.3 Å². The predicted molar refractivity (Wildman–Crippen MR) is 107 cm³/mol. The Kier molecular flexibility index (Phi) is 5.54. The lowest BCUT2D eigenvalue weighted by Crippen LogP contribution is -2.31. The number of nitrogens with one attached hydrogen (secondary N) is 1. The Hall–Kier alpha value is -2.10. The molecule has 3 aromatic rings. The van der Waals surface area contributed by atoms with Crippen molar-refractivity contribution < 1.29 is 20.2 Å². The molecule has 1 fully saturated rings. The molecule has 0 saturated heterocycles. The molecule has 0 spiro atoms. The molecule has 2 aromatic heterocycles. The number of H-pyrrole nitrogens is 1. The Morgan fingerprint density at radius 1 is 1.24 bits per heavy atom. The predicted octanol–water partition coefficient (Wildman–Crippen LogP) is 2.15. The quantitative estimate of drug-likeness (QED) is 0.465. The van der Waals surface area contributed by atoms with Gasteiger partial charge >= 0.3 is 0 Å². The van der Waals surface area contributed by atoms with E-state index < -0.39 is 30.3 Å². The van der Waals surface area contributed by atoms with Gasteiger partial charge in [-0.1, -0.05) is 34.4 Å². The van der Waals surface area contributed by atoms with Gasteiger partial charge in [0.25, 0.3) is 0 Å². The molecule has 0 aliphatic heterocycles. The van der Waals surface area contributed by atoms with Gasteiger partial charge in [-0.05, 0) is 30.2 Å². The molecule has 0 unspecified atom stereocenters. The number of aromatic amines is 1. The molecule has 0 bridgehead atoms. The first-order valence-corrected chi connectivity index (χ1v) is 9.78. The average molecular weight is 439 g/mol. The third kappa shape index (κ3) is 3.51. The van der Waals surface area contributed by atoms with Crippen molar-refractivity contribution in [2.24, 2.45) is 11.1 Å². The zero-order valence-corrected chi connectivity index (χ0v) is 16.9. The lowest BCUT2D eigenvalue weighted by molar-refractivity contribution is -0.0264. The van der Waals surface area contributed by atoms with Gasteiger partial charge in [0.2, 0.25) is 5.49 Å². The molecule has 1 aromatic carbocycles. The lowest BCUT2D eigenvalue weighted by atomic mass is 9.92. The van der Waals surface area contributed by atoms with E-state index in [4.69, 9.17) is 28.0 Å². The Bertz CT molecular complexity index is 1100. The number of aliphatic hydroxyl groups is 3. The molecule has 10 heteroatoms. The second-order valence-corrected chi connectivity index (χ2v) is 7.87. The molecular weight excluding hydrogens is 419 g/mol. The van der Waals surface area contributed by atoms with Gasteiger partial charge in [0.05, 0.1) is 40.0 Å². The van der Waals surface area contributed by atoms with Gasteiger partial charge in [-0.3, -0.25) is 0 Å². The van der Waals surface area contributed by atoms with E-state index in [0.29, 0.717) is 38.6 Å². The first-order chi connectivity index (χ1) is 13.9. The van der Waals surface area contributed by atoms with Crippen molar-refractivity contribution in [2.75, 3.05) is 7.11 Å². The van der Waals surface area contributed by atoms with Crippen LogP contribution in [0.2, 0.25) is 10.0 Å². The highest BCUT2D eigenvalue weighted by atomic mass is 35.5. The minimum atomic E-state index is -1.12. The van der Waals surface area contributed by atoms with Gasteiger partial charge < -0.3 is 29.7 Å². The number of rotatable bonds is 4. The lowest BCUT2D eigenvalue weighted by Gasteiger charge is -2.22. The summed E-state index contributed by atoms with van der Waals surface area (Å²) in [6.45, 7) is 0. The van der Waals surface area contributed by atoms with E-state index in [1.54, 1.807) is 30.5 Å². The molecular formula is C19H20Cl2N4O4. The summed E-state index contributed by atoms with van der Waals surface area (Å²) in [7, 11) is 1.44. The van der Waals surface area contributed by atoms with Crippen molar-refractivity contribution in [2.45, 2.75) is 30.8 Å². The molecule has 4 N–H and O–H groups in total. The summed E-state index contributed by atoms with van der Waals surface area (Å²) >= 11 is 12.0. The molecule has 2 heterocycles. The van der Waals surface area contributed by atoms with Crippen LogP contribution in [0.3, 0.4) is 0 Å². The standard InChI is InChI=1S/C19H20Cl2N4O4/c1-29-24-18-10-4-5-25(19(10)23-8-22-18)14-7-11(16(27)17(14)28)15(26)9-2-3-12(20)13(21)6-9/h2-6,8,11,14-17,26-28H,7H2,1H3,(H,22,23,24)/t11-,14-,15-,16-,17+/m1/s1. The minimum Gasteiger partial charge on any atom is -0.397 e. The summed E-state index contributed by atoms with van der Waals surface area (Å²) < 4.78 is 1.82. The second-order valence-electron chi connectivity index (χ2n) is 7.05. The van der Waals surface area contributed by atoms with Crippen LogP contribution in [0, 0.1) is 5.92 Å². The number of benzene rings is 1. The van der Waals surface area contributed by atoms with Crippen molar-refractivity contribution in [3.63, 3.8) is 0 Å². The minimum absolute atomic E-state index is 0.320. The van der Waals surface area contributed by atoms with E-state index in [2.05, 4.69) is 15.1 Å². The average Bonchev–Trinajstić information content (AvgIpc) is 3.26. The van der Waals surface area contributed by atoms with Crippen molar-refractivity contribution in [1.29, 1.82) is 0 Å². The van der Waals surface area contributed by atoms with Crippen LogP contribution >= 0.6 is 23.2 Å². The molecule has 1 aliphatic carbocycles. The van der Waals surface area contributed by atoms with Gasteiger partial charge in [0.15, 0.2) is 0 Å². The van der Waals surface area contributed by atoms with Gasteiger partial charge in [-0.15, -0.1) is 0 Å². The summed E-state index contributed by atoms with van der Waals surface area (Å²) in [4.78, 5) is 12.0. The van der Waals surface area contributed by atoms with E-state index in [-0.39, 0.29) is 0 Å². The largest absolute Gasteiger partial charge is 0.397 e. The Morgan fingerprint density at radius 2 is 2.03 bits per heavy atom. The number of aliphatic hydroxyl groups excluding tert-OH is 3. The maximum absolute atomic E-state index is 10.8. The molecule has 1 aliphatic rings. The summed E-state index contributed by atoms with van der Waals surface area (Å²) in [5.74, 6) is -0.588. The number of aromatic nitrogens is 3. The normalized spacial score (nSPS) is 26.2. The smallest absolute Gasteiger partial charge is 0.203 e.